The second-order valence-corrected chi connectivity index (χ2v) is 3.44. The monoisotopic (exact) mass is 217 g/mol. The molecule has 1 aliphatic heterocycles. The van der Waals surface area contributed by atoms with E-state index in [4.69, 9.17) is 4.74 Å². The molecule has 16 heavy (non-hydrogen) atoms. The predicted octanol–water partition coefficient (Wildman–Crippen LogP) is 1.85. The third-order valence-electron chi connectivity index (χ3n) is 2.42. The number of esters is 1. The van der Waals surface area contributed by atoms with E-state index in [0.29, 0.717) is 11.1 Å². The van der Waals surface area contributed by atoms with E-state index in [0.717, 1.165) is 0 Å². The van der Waals surface area contributed by atoms with Crippen molar-refractivity contribution in [1.82, 2.24) is 4.90 Å². The highest BCUT2D eigenvalue weighted by molar-refractivity contribution is 5.99. The Balaban J connectivity index is 2.46. The van der Waals surface area contributed by atoms with Crippen LogP contribution in [0.5, 0.6) is 0 Å². The average Bonchev–Trinajstić information content (AvgIpc) is 2.52. The van der Waals surface area contributed by atoms with Gasteiger partial charge in [-0.3, -0.25) is 14.5 Å². The largest absolute Gasteiger partial charge is 0.437 e. The van der Waals surface area contributed by atoms with E-state index in [1.54, 1.807) is 24.3 Å². The third-order valence-corrected chi connectivity index (χ3v) is 2.42. The third kappa shape index (κ3) is 1.48. The molecule has 0 bridgehead atoms. The van der Waals surface area contributed by atoms with Gasteiger partial charge < -0.3 is 4.74 Å². The van der Waals surface area contributed by atoms with Crippen molar-refractivity contribution in [2.75, 3.05) is 0 Å². The number of amides is 1. The van der Waals surface area contributed by atoms with E-state index >= 15 is 0 Å². The van der Waals surface area contributed by atoms with Crippen molar-refractivity contribution < 1.29 is 14.3 Å². The first-order chi connectivity index (χ1) is 7.65. The fourth-order valence-electron chi connectivity index (χ4n) is 1.76. The summed E-state index contributed by atoms with van der Waals surface area (Å²) in [4.78, 5) is 24.2. The highest BCUT2D eigenvalue weighted by Crippen LogP contribution is 2.34. The lowest BCUT2D eigenvalue weighted by Crippen LogP contribution is -2.24. The van der Waals surface area contributed by atoms with Gasteiger partial charge in [0.1, 0.15) is 0 Å². The first-order valence-electron chi connectivity index (χ1n) is 4.86. The average molecular weight is 217 g/mol. The predicted molar refractivity (Wildman–Crippen MR) is 57.3 cm³/mol. The van der Waals surface area contributed by atoms with Crippen molar-refractivity contribution in [3.05, 3.63) is 48.2 Å². The van der Waals surface area contributed by atoms with Gasteiger partial charge in [0.05, 0.1) is 0 Å². The molecule has 0 aliphatic carbocycles. The Kier molecular flexibility index (Phi) is 2.48. The van der Waals surface area contributed by atoms with E-state index in [9.17, 15) is 9.59 Å². The normalized spacial score (nSPS) is 18.2. The minimum atomic E-state index is -0.682. The van der Waals surface area contributed by atoms with Crippen LogP contribution in [-0.2, 0) is 9.53 Å². The molecule has 0 radical (unpaired) electrons. The van der Waals surface area contributed by atoms with Gasteiger partial charge in [0.2, 0.25) is 6.23 Å². The van der Waals surface area contributed by atoms with Gasteiger partial charge in [0, 0.05) is 24.3 Å². The summed E-state index contributed by atoms with van der Waals surface area (Å²) >= 11 is 0. The van der Waals surface area contributed by atoms with E-state index in [2.05, 4.69) is 6.58 Å². The molecule has 1 heterocycles. The van der Waals surface area contributed by atoms with Crippen molar-refractivity contribution in [1.29, 1.82) is 0 Å². The zero-order valence-corrected chi connectivity index (χ0v) is 8.84. The smallest absolute Gasteiger partial charge is 0.304 e. The summed E-state index contributed by atoms with van der Waals surface area (Å²) in [6.45, 7) is 4.86. The Morgan fingerprint density at radius 1 is 1.50 bits per heavy atom. The van der Waals surface area contributed by atoms with Crippen molar-refractivity contribution in [2.24, 2.45) is 0 Å². The summed E-state index contributed by atoms with van der Waals surface area (Å²) in [5, 5.41) is 0. The fourth-order valence-corrected chi connectivity index (χ4v) is 1.76. The highest BCUT2D eigenvalue weighted by atomic mass is 16.6. The van der Waals surface area contributed by atoms with Gasteiger partial charge >= 0.3 is 5.97 Å². The Bertz CT molecular complexity index is 467. The highest BCUT2D eigenvalue weighted by Gasteiger charge is 2.36. The summed E-state index contributed by atoms with van der Waals surface area (Å²) in [5.74, 6) is -0.627. The number of rotatable bonds is 2. The molecule has 4 nitrogen and oxygen atoms in total. The molecule has 1 aromatic carbocycles. The Morgan fingerprint density at radius 2 is 2.19 bits per heavy atom. The lowest BCUT2D eigenvalue weighted by molar-refractivity contribution is -0.152. The minimum Gasteiger partial charge on any atom is -0.437 e. The van der Waals surface area contributed by atoms with E-state index < -0.39 is 12.2 Å². The molecular weight excluding hydrogens is 206 g/mol. The number of carbonyl (C=O) groups excluding carboxylic acids is 2. The Morgan fingerprint density at radius 3 is 2.81 bits per heavy atom. The lowest BCUT2D eigenvalue weighted by Gasteiger charge is -2.20. The summed E-state index contributed by atoms with van der Waals surface area (Å²) in [6.07, 6.45) is 0.689. The molecule has 1 aromatic rings. The molecule has 1 unspecified atom stereocenters. The lowest BCUT2D eigenvalue weighted by atomic mass is 10.1. The number of hydrogen-bond donors (Lipinski definition) is 0. The minimum absolute atomic E-state index is 0.197. The van der Waals surface area contributed by atoms with Gasteiger partial charge in [0.15, 0.2) is 0 Å². The number of ether oxygens (including phenoxy) is 1. The van der Waals surface area contributed by atoms with Crippen LogP contribution in [0.2, 0.25) is 0 Å². The molecule has 0 spiro atoms. The molecule has 1 amide bonds. The molecule has 0 saturated carbocycles. The molecule has 1 aliphatic rings. The summed E-state index contributed by atoms with van der Waals surface area (Å²) in [6, 6.07) is 7.05. The van der Waals surface area contributed by atoms with E-state index in [1.807, 2.05) is 0 Å². The van der Waals surface area contributed by atoms with Crippen LogP contribution in [-0.4, -0.2) is 16.8 Å². The first kappa shape index (κ1) is 10.4. The standard InChI is InChI=1S/C12H11NO3/c1-3-13-11(15)9-6-4-5-7-10(9)12(13)16-8(2)14/h3-7,12H,1H2,2H3. The zero-order valence-electron chi connectivity index (χ0n) is 8.84. The molecular formula is C12H11NO3. The van der Waals surface area contributed by atoms with Crippen LogP contribution in [0.1, 0.15) is 29.1 Å². The maximum atomic E-state index is 11.9. The van der Waals surface area contributed by atoms with Crippen LogP contribution in [0.4, 0.5) is 0 Å². The van der Waals surface area contributed by atoms with Crippen LogP contribution in [0.25, 0.3) is 0 Å². The fraction of sp³-hybridized carbons (Fsp3) is 0.167. The van der Waals surface area contributed by atoms with Crippen LogP contribution in [0.3, 0.4) is 0 Å². The number of hydrogen-bond acceptors (Lipinski definition) is 3. The maximum Gasteiger partial charge on any atom is 0.304 e. The van der Waals surface area contributed by atoms with Gasteiger partial charge in [-0.15, -0.1) is 0 Å². The van der Waals surface area contributed by atoms with Crippen LogP contribution < -0.4 is 0 Å². The topological polar surface area (TPSA) is 46.6 Å². The molecule has 0 saturated heterocycles. The molecule has 0 aromatic heterocycles. The maximum absolute atomic E-state index is 11.9. The van der Waals surface area contributed by atoms with Crippen molar-refractivity contribution >= 4 is 11.9 Å². The second kappa shape index (κ2) is 3.81. The van der Waals surface area contributed by atoms with Gasteiger partial charge in [-0.2, -0.15) is 0 Å². The van der Waals surface area contributed by atoms with Crippen LogP contribution in [0.15, 0.2) is 37.0 Å². The molecule has 2 rings (SSSR count). The van der Waals surface area contributed by atoms with Crippen molar-refractivity contribution in [2.45, 2.75) is 13.2 Å². The molecule has 82 valence electrons. The van der Waals surface area contributed by atoms with Crippen LogP contribution in [0, 0.1) is 0 Å². The number of fused-ring (bicyclic) bond motifs is 1. The van der Waals surface area contributed by atoms with E-state index in [1.165, 1.54) is 18.0 Å². The summed E-state index contributed by atoms with van der Waals surface area (Å²) in [7, 11) is 0. The quantitative estimate of drug-likeness (QED) is 0.710. The first-order valence-corrected chi connectivity index (χ1v) is 4.86. The zero-order chi connectivity index (χ0) is 11.7. The summed E-state index contributed by atoms with van der Waals surface area (Å²) in [5.41, 5.74) is 1.25. The van der Waals surface area contributed by atoms with E-state index in [-0.39, 0.29) is 5.91 Å². The van der Waals surface area contributed by atoms with Gasteiger partial charge in [0.25, 0.3) is 5.91 Å². The Labute approximate surface area is 93.1 Å². The molecule has 1 atom stereocenters. The Hall–Kier alpha value is -2.10. The van der Waals surface area contributed by atoms with Crippen LogP contribution >= 0.6 is 0 Å². The SMILES string of the molecule is C=CN1C(=O)c2ccccc2C1OC(C)=O. The van der Waals surface area contributed by atoms with Gasteiger partial charge in [-0.05, 0) is 6.07 Å². The number of nitrogens with zero attached hydrogens (tertiary/aromatic N) is 1. The van der Waals surface area contributed by atoms with Gasteiger partial charge in [-0.1, -0.05) is 24.8 Å². The second-order valence-electron chi connectivity index (χ2n) is 3.44. The van der Waals surface area contributed by atoms with Crippen molar-refractivity contribution in [3.63, 3.8) is 0 Å². The molecule has 0 fully saturated rings. The number of carbonyl (C=O) groups is 2. The summed E-state index contributed by atoms with van der Waals surface area (Å²) < 4.78 is 5.11. The number of benzene rings is 1. The molecule has 0 N–H and O–H groups in total. The molecule has 4 heteroatoms. The van der Waals surface area contributed by atoms with Gasteiger partial charge in [-0.25, -0.2) is 0 Å². The van der Waals surface area contributed by atoms with Crippen molar-refractivity contribution in [3.8, 4) is 0 Å².